The van der Waals surface area contributed by atoms with Gasteiger partial charge >= 0.3 is 0 Å². The Morgan fingerprint density at radius 2 is 1.74 bits per heavy atom. The Kier molecular flexibility index (Phi) is 9.11. The lowest BCUT2D eigenvalue weighted by Gasteiger charge is -2.34. The molecule has 0 aliphatic carbocycles. The Morgan fingerprint density at radius 3 is 2.50 bits per heavy atom. The normalized spacial score (nSPS) is 14.2. The van der Waals surface area contributed by atoms with Gasteiger partial charge in [0, 0.05) is 55.5 Å². The number of halogens is 2. The first-order chi connectivity index (χ1) is 17.9. The highest BCUT2D eigenvalue weighted by Crippen LogP contribution is 2.31. The third-order valence-corrected chi connectivity index (χ3v) is 8.84. The fraction of sp³-hybridized carbons (Fsp3) is 0.231. The summed E-state index contributed by atoms with van der Waals surface area (Å²) in [7, 11) is -3.72. The molecule has 2 heterocycles. The molecule has 0 atom stereocenters. The molecule has 3 aromatic carbocycles. The van der Waals surface area contributed by atoms with E-state index in [1.807, 2.05) is 18.2 Å². The summed E-state index contributed by atoms with van der Waals surface area (Å²) >= 11 is 7.75. The molecular weight excluding hydrogens is 565 g/mol. The van der Waals surface area contributed by atoms with E-state index in [2.05, 4.69) is 19.8 Å². The summed E-state index contributed by atoms with van der Waals surface area (Å²) in [5.41, 5.74) is 1.70. The minimum atomic E-state index is -3.72. The van der Waals surface area contributed by atoms with Crippen LogP contribution in [0.15, 0.2) is 77.7 Å². The molecular formula is C26H27Cl2N5O3S2. The number of hydrogen-bond donors (Lipinski definition) is 2. The van der Waals surface area contributed by atoms with Gasteiger partial charge in [-0.05, 0) is 48.5 Å². The maximum atomic E-state index is 12.7. The van der Waals surface area contributed by atoms with Crippen molar-refractivity contribution >= 4 is 72.3 Å². The number of rotatable bonds is 8. The van der Waals surface area contributed by atoms with Gasteiger partial charge in [-0.25, -0.2) is 13.4 Å². The maximum Gasteiger partial charge on any atom is 0.261 e. The summed E-state index contributed by atoms with van der Waals surface area (Å²) in [5.74, 6) is -0.243. The van der Waals surface area contributed by atoms with Crippen molar-refractivity contribution in [3.8, 4) is 0 Å². The molecule has 5 rings (SSSR count). The van der Waals surface area contributed by atoms with Gasteiger partial charge in [0.25, 0.3) is 15.9 Å². The molecule has 12 heteroatoms. The SMILES string of the molecule is Cl.O=C(NCCN1CCN(c2nc3ccc(Cl)cc3s2)CC1)c1cccc(NS(=O)(=O)c2ccccc2)c1. The van der Waals surface area contributed by atoms with E-state index in [1.54, 1.807) is 53.8 Å². The van der Waals surface area contributed by atoms with Crippen LogP contribution < -0.4 is 14.9 Å². The molecule has 1 saturated heterocycles. The summed E-state index contributed by atoms with van der Waals surface area (Å²) in [5, 5.41) is 4.66. The average Bonchev–Trinajstić information content (AvgIpc) is 3.33. The second-order valence-electron chi connectivity index (χ2n) is 8.69. The monoisotopic (exact) mass is 591 g/mol. The largest absolute Gasteiger partial charge is 0.351 e. The van der Waals surface area contributed by atoms with Crippen LogP contribution in [0.4, 0.5) is 10.8 Å². The quantitative estimate of drug-likeness (QED) is 0.308. The van der Waals surface area contributed by atoms with E-state index in [-0.39, 0.29) is 23.2 Å². The molecule has 2 N–H and O–H groups in total. The van der Waals surface area contributed by atoms with Crippen molar-refractivity contribution in [2.24, 2.45) is 0 Å². The molecule has 0 bridgehead atoms. The van der Waals surface area contributed by atoms with Crippen molar-refractivity contribution < 1.29 is 13.2 Å². The number of carbonyl (C=O) groups is 1. The summed E-state index contributed by atoms with van der Waals surface area (Å²) in [6.45, 7) is 4.72. The van der Waals surface area contributed by atoms with Crippen LogP contribution in [0, 0.1) is 0 Å². The van der Waals surface area contributed by atoms with E-state index in [0.29, 0.717) is 17.8 Å². The smallest absolute Gasteiger partial charge is 0.261 e. The number of nitrogens with one attached hydrogen (secondary N) is 2. The Hall–Kier alpha value is -2.89. The lowest BCUT2D eigenvalue weighted by atomic mass is 10.2. The number of aromatic nitrogens is 1. The molecule has 200 valence electrons. The third-order valence-electron chi connectivity index (χ3n) is 6.13. The van der Waals surface area contributed by atoms with Crippen molar-refractivity contribution in [1.82, 2.24) is 15.2 Å². The number of piperazine rings is 1. The minimum Gasteiger partial charge on any atom is -0.351 e. The second kappa shape index (κ2) is 12.3. The van der Waals surface area contributed by atoms with Gasteiger partial charge in [0.2, 0.25) is 0 Å². The van der Waals surface area contributed by atoms with Crippen molar-refractivity contribution in [1.29, 1.82) is 0 Å². The van der Waals surface area contributed by atoms with E-state index < -0.39 is 10.0 Å². The van der Waals surface area contributed by atoms with E-state index in [4.69, 9.17) is 16.6 Å². The number of sulfonamides is 1. The number of hydrogen-bond acceptors (Lipinski definition) is 7. The van der Waals surface area contributed by atoms with Gasteiger partial charge in [-0.15, -0.1) is 12.4 Å². The highest BCUT2D eigenvalue weighted by atomic mass is 35.5. The zero-order valence-corrected chi connectivity index (χ0v) is 23.5. The zero-order valence-electron chi connectivity index (χ0n) is 20.3. The molecule has 1 amide bonds. The predicted molar refractivity (Wildman–Crippen MR) is 157 cm³/mol. The van der Waals surface area contributed by atoms with Crippen LogP contribution in [0.1, 0.15) is 10.4 Å². The topological polar surface area (TPSA) is 94.6 Å². The van der Waals surface area contributed by atoms with Crippen LogP contribution in [-0.4, -0.2) is 63.5 Å². The third kappa shape index (κ3) is 6.75. The van der Waals surface area contributed by atoms with Crippen LogP contribution >= 0.6 is 35.3 Å². The van der Waals surface area contributed by atoms with Gasteiger partial charge < -0.3 is 10.2 Å². The Morgan fingerprint density at radius 1 is 0.974 bits per heavy atom. The lowest BCUT2D eigenvalue weighted by molar-refractivity contribution is 0.0948. The van der Waals surface area contributed by atoms with Crippen molar-refractivity contribution in [3.63, 3.8) is 0 Å². The van der Waals surface area contributed by atoms with E-state index in [1.165, 1.54) is 12.1 Å². The standard InChI is InChI=1S/C26H26ClN5O3S2.ClH/c27-20-9-10-23-24(18-20)36-26(29-23)32-15-13-31(14-16-32)12-11-28-25(33)19-5-4-6-21(17-19)30-37(34,35)22-7-2-1-3-8-22;/h1-10,17-18,30H,11-16H2,(H,28,33);1H. The number of carbonyl (C=O) groups excluding carboxylic acids is 1. The number of benzene rings is 3. The summed E-state index contributed by atoms with van der Waals surface area (Å²) in [6, 6.07) is 20.4. The molecule has 0 unspecified atom stereocenters. The highest BCUT2D eigenvalue weighted by molar-refractivity contribution is 7.92. The van der Waals surface area contributed by atoms with E-state index in [9.17, 15) is 13.2 Å². The Balaban J connectivity index is 0.00000336. The summed E-state index contributed by atoms with van der Waals surface area (Å²) in [4.78, 5) is 22.2. The van der Waals surface area contributed by atoms with Crippen LogP contribution in [-0.2, 0) is 10.0 Å². The molecule has 0 spiro atoms. The molecule has 38 heavy (non-hydrogen) atoms. The molecule has 4 aromatic rings. The number of nitrogens with zero attached hydrogens (tertiary/aromatic N) is 3. The molecule has 1 aliphatic heterocycles. The number of amides is 1. The van der Waals surface area contributed by atoms with Crippen molar-refractivity contribution in [2.75, 3.05) is 48.9 Å². The first kappa shape index (κ1) is 28.1. The molecule has 0 radical (unpaired) electrons. The van der Waals surface area contributed by atoms with Gasteiger partial charge in [0.1, 0.15) is 0 Å². The second-order valence-corrected chi connectivity index (χ2v) is 11.8. The fourth-order valence-corrected chi connectivity index (χ4v) is 6.52. The predicted octanol–water partition coefficient (Wildman–Crippen LogP) is 4.72. The van der Waals surface area contributed by atoms with Crippen molar-refractivity contribution in [2.45, 2.75) is 4.90 Å². The summed E-state index contributed by atoms with van der Waals surface area (Å²) < 4.78 is 28.8. The highest BCUT2D eigenvalue weighted by Gasteiger charge is 2.20. The van der Waals surface area contributed by atoms with Crippen LogP contribution in [0.5, 0.6) is 0 Å². The van der Waals surface area contributed by atoms with Gasteiger partial charge in [0.05, 0.1) is 15.1 Å². The lowest BCUT2D eigenvalue weighted by Crippen LogP contribution is -2.48. The van der Waals surface area contributed by atoms with Gasteiger partial charge in [-0.1, -0.05) is 47.2 Å². The minimum absolute atomic E-state index is 0. The Labute approximate surface area is 237 Å². The molecule has 0 saturated carbocycles. The average molecular weight is 593 g/mol. The van der Waals surface area contributed by atoms with Gasteiger partial charge in [-0.2, -0.15) is 0 Å². The van der Waals surface area contributed by atoms with Gasteiger partial charge in [0.15, 0.2) is 5.13 Å². The van der Waals surface area contributed by atoms with Crippen LogP contribution in [0.3, 0.4) is 0 Å². The number of thiazole rings is 1. The zero-order chi connectivity index (χ0) is 25.8. The van der Waals surface area contributed by atoms with Crippen molar-refractivity contribution in [3.05, 3.63) is 83.4 Å². The maximum absolute atomic E-state index is 12.7. The fourth-order valence-electron chi connectivity index (χ4n) is 4.15. The number of anilines is 2. The first-order valence-electron chi connectivity index (χ1n) is 11.9. The Bertz CT molecular complexity index is 1510. The first-order valence-corrected chi connectivity index (χ1v) is 14.5. The van der Waals surface area contributed by atoms with Gasteiger partial charge in [-0.3, -0.25) is 14.4 Å². The van der Waals surface area contributed by atoms with E-state index in [0.717, 1.165) is 53.1 Å². The summed E-state index contributed by atoms with van der Waals surface area (Å²) in [6.07, 6.45) is 0. The molecule has 8 nitrogen and oxygen atoms in total. The number of fused-ring (bicyclic) bond motifs is 1. The molecule has 1 aliphatic rings. The van der Waals surface area contributed by atoms with E-state index >= 15 is 0 Å². The molecule has 1 aromatic heterocycles. The van der Waals surface area contributed by atoms with Crippen LogP contribution in [0.25, 0.3) is 10.2 Å². The molecule has 1 fully saturated rings. The van der Waals surface area contributed by atoms with Crippen LogP contribution in [0.2, 0.25) is 5.02 Å².